The Morgan fingerprint density at radius 1 is 1.16 bits per heavy atom. The molecular formula is C20H16F3N3O4S. The Kier molecular flexibility index (Phi) is 5.99. The molecule has 7 nitrogen and oxygen atoms in total. The lowest BCUT2D eigenvalue weighted by atomic mass is 10.1. The quantitative estimate of drug-likeness (QED) is 0.445. The molecule has 31 heavy (non-hydrogen) atoms. The third-order valence-corrected chi connectivity index (χ3v) is 5.82. The summed E-state index contributed by atoms with van der Waals surface area (Å²) in [7, 11) is 0. The maximum absolute atomic E-state index is 12.6. The molecule has 0 bridgehead atoms. The van der Waals surface area contributed by atoms with Gasteiger partial charge in [-0.15, -0.1) is 0 Å². The zero-order valence-corrected chi connectivity index (χ0v) is 16.6. The molecule has 2 atom stereocenters. The van der Waals surface area contributed by atoms with E-state index in [-0.39, 0.29) is 23.5 Å². The van der Waals surface area contributed by atoms with Crippen LogP contribution >= 0.6 is 11.8 Å². The highest BCUT2D eigenvalue weighted by Gasteiger charge is 2.31. The molecule has 1 aliphatic heterocycles. The lowest BCUT2D eigenvalue weighted by molar-refractivity contribution is -0.275. The van der Waals surface area contributed by atoms with Crippen LogP contribution in [0.3, 0.4) is 0 Å². The second-order valence-corrected chi connectivity index (χ2v) is 7.87. The number of rotatable bonds is 5. The number of nitrogens with zero attached hydrogens (tertiary/aromatic N) is 2. The summed E-state index contributed by atoms with van der Waals surface area (Å²) in [5.41, 5.74) is -0.114. The number of benzene rings is 1. The highest BCUT2D eigenvalue weighted by atomic mass is 32.2. The molecule has 2 aromatic heterocycles. The Hall–Kier alpha value is -2.89. The van der Waals surface area contributed by atoms with Crippen LogP contribution < -0.4 is 10.1 Å². The van der Waals surface area contributed by atoms with E-state index in [1.807, 2.05) is 0 Å². The van der Waals surface area contributed by atoms with Crippen LogP contribution in [-0.4, -0.2) is 44.8 Å². The number of carbonyl (C=O) groups excluding carboxylic acids is 1. The van der Waals surface area contributed by atoms with Gasteiger partial charge < -0.3 is 10.1 Å². The van der Waals surface area contributed by atoms with Crippen LogP contribution in [0.25, 0.3) is 10.9 Å². The number of carbonyl (C=O) groups is 1. The molecule has 0 radical (unpaired) electrons. The average molecular weight is 451 g/mol. The van der Waals surface area contributed by atoms with Gasteiger partial charge in [0.25, 0.3) is 5.91 Å². The normalized spacial score (nSPS) is 18.8. The van der Waals surface area contributed by atoms with E-state index in [1.54, 1.807) is 42.1 Å². The minimum atomic E-state index is -4.47. The smallest absolute Gasteiger partial charge is 0.417 e. The minimum Gasteiger partial charge on any atom is -0.439 e. The lowest BCUT2D eigenvalue weighted by Gasteiger charge is -2.17. The number of ether oxygens (including phenoxy) is 1. The van der Waals surface area contributed by atoms with Crippen LogP contribution in [0.2, 0.25) is 0 Å². The van der Waals surface area contributed by atoms with Crippen molar-refractivity contribution in [3.8, 4) is 11.6 Å². The number of alkyl halides is 3. The van der Waals surface area contributed by atoms with Gasteiger partial charge in [0.2, 0.25) is 5.88 Å². The topological polar surface area (TPSA) is 93.6 Å². The van der Waals surface area contributed by atoms with E-state index in [1.165, 1.54) is 0 Å². The molecule has 1 aliphatic rings. The molecule has 0 saturated carbocycles. The average Bonchev–Trinajstić information content (AvgIpc) is 3.20. The molecule has 0 unspecified atom stereocenters. The van der Waals surface area contributed by atoms with E-state index in [0.717, 1.165) is 12.1 Å². The van der Waals surface area contributed by atoms with Gasteiger partial charge >= 0.3 is 6.18 Å². The van der Waals surface area contributed by atoms with Crippen molar-refractivity contribution in [2.45, 2.75) is 18.3 Å². The predicted octanol–water partition coefficient (Wildman–Crippen LogP) is 4.14. The number of aromatic nitrogens is 2. The Morgan fingerprint density at radius 3 is 2.71 bits per heavy atom. The summed E-state index contributed by atoms with van der Waals surface area (Å²) < 4.78 is 43.4. The summed E-state index contributed by atoms with van der Waals surface area (Å²) in [6.07, 6.45) is -4.22. The number of thioether (sulfide) groups is 1. The summed E-state index contributed by atoms with van der Waals surface area (Å²) in [6.45, 7) is 0. The van der Waals surface area contributed by atoms with Crippen molar-refractivity contribution in [3.05, 3.63) is 59.9 Å². The molecule has 3 heterocycles. The van der Waals surface area contributed by atoms with Crippen molar-refractivity contribution < 1.29 is 32.8 Å². The molecule has 1 saturated heterocycles. The minimum absolute atomic E-state index is 0.0198. The number of fused-ring (bicyclic) bond motifs is 1. The highest BCUT2D eigenvalue weighted by Crippen LogP contribution is 2.30. The van der Waals surface area contributed by atoms with Gasteiger partial charge in [-0.05, 0) is 30.3 Å². The van der Waals surface area contributed by atoms with Crippen molar-refractivity contribution in [3.63, 3.8) is 0 Å². The first-order valence-corrected chi connectivity index (χ1v) is 10.3. The Labute approximate surface area is 178 Å². The summed E-state index contributed by atoms with van der Waals surface area (Å²) in [6, 6.07) is 9.83. The van der Waals surface area contributed by atoms with Gasteiger partial charge in [0.15, 0.2) is 0 Å². The van der Waals surface area contributed by atoms with Gasteiger partial charge in [-0.3, -0.25) is 10.1 Å². The first-order valence-electron chi connectivity index (χ1n) is 9.14. The van der Waals surface area contributed by atoms with E-state index >= 15 is 0 Å². The number of halogens is 3. The molecule has 1 amide bonds. The number of pyridine rings is 2. The second-order valence-electron chi connectivity index (χ2n) is 6.80. The van der Waals surface area contributed by atoms with Crippen LogP contribution in [0, 0.1) is 0 Å². The van der Waals surface area contributed by atoms with Crippen LogP contribution in [0.5, 0.6) is 11.6 Å². The fourth-order valence-electron chi connectivity index (χ4n) is 3.04. The zero-order chi connectivity index (χ0) is 22.0. The van der Waals surface area contributed by atoms with Gasteiger partial charge in [0, 0.05) is 29.2 Å². The van der Waals surface area contributed by atoms with E-state index in [0.29, 0.717) is 34.4 Å². The van der Waals surface area contributed by atoms with Crippen molar-refractivity contribution in [2.24, 2.45) is 0 Å². The largest absolute Gasteiger partial charge is 0.439 e. The number of hydrogen-bond donors (Lipinski definition) is 2. The predicted molar refractivity (Wildman–Crippen MR) is 107 cm³/mol. The maximum atomic E-state index is 12.6. The first kappa shape index (κ1) is 21.3. The second kappa shape index (κ2) is 8.69. The van der Waals surface area contributed by atoms with Gasteiger partial charge in [-0.25, -0.2) is 14.9 Å². The Balaban J connectivity index is 1.47. The van der Waals surface area contributed by atoms with E-state index < -0.39 is 17.8 Å². The third kappa shape index (κ3) is 4.89. The first-order chi connectivity index (χ1) is 14.8. The SMILES string of the molecule is O=C(N[C@H]1CSC[C@H]1OO)c1ccc2cc(Oc3ccc(C(F)(F)F)cn3)ccc2n1. The van der Waals surface area contributed by atoms with Gasteiger partial charge in [-0.2, -0.15) is 24.9 Å². The molecular weight excluding hydrogens is 435 g/mol. The highest BCUT2D eigenvalue weighted by molar-refractivity contribution is 7.99. The summed E-state index contributed by atoms with van der Waals surface area (Å²) >= 11 is 1.56. The standard InChI is InChI=1S/C20H16F3N3O4S/c21-20(22,23)12-2-6-18(24-8-12)29-13-3-5-14-11(7-13)1-4-15(25-14)19(27)26-16-9-31-10-17(16)30-28/h1-8,16-17,28H,9-10H2,(H,26,27)/t16-,17+/m0/s1. The molecule has 11 heteroatoms. The lowest BCUT2D eigenvalue weighted by Crippen LogP contribution is -2.43. The molecule has 4 rings (SSSR count). The van der Waals surface area contributed by atoms with E-state index in [2.05, 4.69) is 20.2 Å². The third-order valence-electron chi connectivity index (χ3n) is 4.66. The summed E-state index contributed by atoms with van der Waals surface area (Å²) in [5, 5.41) is 12.4. The van der Waals surface area contributed by atoms with Crippen LogP contribution in [-0.2, 0) is 11.1 Å². The van der Waals surface area contributed by atoms with Crippen molar-refractivity contribution >= 4 is 28.6 Å². The van der Waals surface area contributed by atoms with Crippen molar-refractivity contribution in [2.75, 3.05) is 11.5 Å². The molecule has 3 aromatic rings. The van der Waals surface area contributed by atoms with E-state index in [4.69, 9.17) is 9.99 Å². The molecule has 2 N–H and O–H groups in total. The zero-order valence-electron chi connectivity index (χ0n) is 15.8. The van der Waals surface area contributed by atoms with Crippen LogP contribution in [0.1, 0.15) is 16.1 Å². The summed E-state index contributed by atoms with van der Waals surface area (Å²) in [4.78, 5) is 24.9. The van der Waals surface area contributed by atoms with Crippen molar-refractivity contribution in [1.82, 2.24) is 15.3 Å². The molecule has 1 aromatic carbocycles. The maximum Gasteiger partial charge on any atom is 0.417 e. The Morgan fingerprint density at radius 2 is 2.00 bits per heavy atom. The van der Waals surface area contributed by atoms with Gasteiger partial charge in [0.1, 0.15) is 17.5 Å². The fraction of sp³-hybridized carbons (Fsp3) is 0.250. The van der Waals surface area contributed by atoms with Crippen molar-refractivity contribution in [1.29, 1.82) is 0 Å². The molecule has 0 spiro atoms. The number of nitrogens with one attached hydrogen (secondary N) is 1. The number of amides is 1. The number of hydrogen-bond acceptors (Lipinski definition) is 7. The van der Waals surface area contributed by atoms with Crippen LogP contribution in [0.4, 0.5) is 13.2 Å². The monoisotopic (exact) mass is 451 g/mol. The molecule has 1 fully saturated rings. The molecule has 0 aliphatic carbocycles. The van der Waals surface area contributed by atoms with Crippen LogP contribution in [0.15, 0.2) is 48.7 Å². The fourth-order valence-corrected chi connectivity index (χ4v) is 4.25. The van der Waals surface area contributed by atoms with E-state index in [9.17, 15) is 18.0 Å². The molecule has 162 valence electrons. The van der Waals surface area contributed by atoms with Gasteiger partial charge in [0.05, 0.1) is 17.1 Å². The summed E-state index contributed by atoms with van der Waals surface area (Å²) in [5.74, 6) is 1.22. The Bertz CT molecular complexity index is 1100. The van der Waals surface area contributed by atoms with Gasteiger partial charge in [-0.1, -0.05) is 6.07 Å².